The second-order valence-corrected chi connectivity index (χ2v) is 6.11. The van der Waals surface area contributed by atoms with Crippen LogP contribution in [0.5, 0.6) is 0 Å². The molecule has 4 atom stereocenters. The Labute approximate surface area is 147 Å². The van der Waals surface area contributed by atoms with Gasteiger partial charge in [0.05, 0.1) is 0 Å². The van der Waals surface area contributed by atoms with Crippen molar-refractivity contribution in [2.45, 2.75) is 45.1 Å². The molecule has 0 spiro atoms. The predicted octanol–water partition coefficient (Wildman–Crippen LogP) is -2.26. The maximum absolute atomic E-state index is 11.7. The third-order valence-corrected chi connectivity index (χ3v) is 3.02. The number of phosphoric ester groups is 1. The summed E-state index contributed by atoms with van der Waals surface area (Å²) in [6.07, 6.45) is -5.50. The van der Waals surface area contributed by atoms with Gasteiger partial charge in [0.2, 0.25) is 0 Å². The molecule has 0 aromatic rings. The van der Waals surface area contributed by atoms with E-state index in [1.807, 2.05) is 0 Å². The van der Waals surface area contributed by atoms with E-state index in [0.717, 1.165) is 20.8 Å². The zero-order valence-electron chi connectivity index (χ0n) is 14.1. The highest BCUT2D eigenvalue weighted by molar-refractivity contribution is 7.46. The molecule has 0 aliphatic heterocycles. The fourth-order valence-electron chi connectivity index (χ4n) is 1.70. The zero-order chi connectivity index (χ0) is 20.7. The molecular weight excluding hydrogens is 381 g/mol. The second-order valence-electron chi connectivity index (χ2n) is 4.94. The Hall–Kier alpha value is -2.05. The number of aliphatic hydroxyl groups is 1. The Morgan fingerprint density at radius 3 is 1.81 bits per heavy atom. The maximum atomic E-state index is 11.7. The van der Waals surface area contributed by atoms with Crippen molar-refractivity contribution in [1.82, 2.24) is 0 Å². The van der Waals surface area contributed by atoms with E-state index in [2.05, 4.69) is 9.26 Å². The molecule has 0 rings (SSSR count). The molecule has 0 fully saturated rings. The lowest BCUT2D eigenvalue weighted by molar-refractivity contribution is -0.184. The number of aliphatic hydroxyl groups excluding tert-OH is 1. The van der Waals surface area contributed by atoms with E-state index in [-0.39, 0.29) is 0 Å². The third-order valence-electron chi connectivity index (χ3n) is 2.60. The summed E-state index contributed by atoms with van der Waals surface area (Å²) in [6, 6.07) is -2.05. The Morgan fingerprint density at radius 2 is 1.42 bits per heavy atom. The summed E-state index contributed by atoms with van der Waals surface area (Å²) in [6.45, 7) is 2.14. The van der Waals surface area contributed by atoms with Crippen LogP contribution in [0.2, 0.25) is 0 Å². The van der Waals surface area contributed by atoms with Crippen LogP contribution < -0.4 is 5.73 Å². The normalized spacial score (nSPS) is 15.8. The highest BCUT2D eigenvalue weighted by Gasteiger charge is 2.43. The van der Waals surface area contributed by atoms with Crippen molar-refractivity contribution in [2.75, 3.05) is 6.61 Å². The molecule has 0 amide bonds. The molecule has 0 unspecified atom stereocenters. The minimum Gasteiger partial charge on any atom is -0.463 e. The maximum Gasteiger partial charge on any atom is 0.527 e. The molecule has 26 heavy (non-hydrogen) atoms. The molecule has 13 nitrogen and oxygen atoms in total. The lowest BCUT2D eigenvalue weighted by Gasteiger charge is -2.31. The molecule has 0 aliphatic carbocycles. The Balaban J connectivity index is 5.62. The highest BCUT2D eigenvalue weighted by atomic mass is 31.2. The average molecular weight is 401 g/mol. The molecule has 150 valence electrons. The van der Waals surface area contributed by atoms with Crippen LogP contribution in [0.25, 0.3) is 0 Å². The summed E-state index contributed by atoms with van der Waals surface area (Å²) < 4.78 is 28.6. The number of ether oxygens (including phenoxy) is 3. The number of nitrogens with two attached hydrogens (primary N) is 1. The molecule has 0 aliphatic rings. The van der Waals surface area contributed by atoms with E-state index in [1.54, 1.807) is 0 Å². The van der Waals surface area contributed by atoms with Crippen molar-refractivity contribution in [1.29, 1.82) is 0 Å². The van der Waals surface area contributed by atoms with Gasteiger partial charge in [-0.2, -0.15) is 0 Å². The SMILES string of the molecule is CC(=O)OC[C@@H](O)[C@H](OC(C)=O)[C@H](OC(C)=O)[C@@H](N)C(=O)OP(=O)(O)O. The third kappa shape index (κ3) is 9.44. The van der Waals surface area contributed by atoms with Crippen LogP contribution in [0, 0.1) is 0 Å². The van der Waals surface area contributed by atoms with Crippen molar-refractivity contribution in [2.24, 2.45) is 5.73 Å². The standard InChI is InChI=1S/C12H20NO12P/c1-5(14)22-4-8(17)10(23-6(2)15)11(24-7(3)16)9(13)12(18)25-26(19,20)21/h8-11,17H,4,13H2,1-3H3,(H2,19,20,21)/t8-,9-,10+,11-/m1/s1. The van der Waals surface area contributed by atoms with Gasteiger partial charge in [-0.25, -0.2) is 9.36 Å². The summed E-state index contributed by atoms with van der Waals surface area (Å²) >= 11 is 0. The van der Waals surface area contributed by atoms with Crippen LogP contribution in [-0.4, -0.2) is 69.7 Å². The van der Waals surface area contributed by atoms with Gasteiger partial charge < -0.3 is 29.6 Å². The van der Waals surface area contributed by atoms with Crippen LogP contribution in [0.4, 0.5) is 0 Å². The van der Waals surface area contributed by atoms with Gasteiger partial charge in [0.15, 0.2) is 12.2 Å². The molecule has 0 aromatic carbocycles. The van der Waals surface area contributed by atoms with Gasteiger partial charge in [0, 0.05) is 20.8 Å². The van der Waals surface area contributed by atoms with Gasteiger partial charge in [-0.05, 0) is 0 Å². The summed E-state index contributed by atoms with van der Waals surface area (Å²) in [5.74, 6) is -4.49. The predicted molar refractivity (Wildman–Crippen MR) is 79.9 cm³/mol. The molecule has 0 bridgehead atoms. The van der Waals surface area contributed by atoms with Gasteiger partial charge >= 0.3 is 31.7 Å². The summed E-state index contributed by atoms with van der Waals surface area (Å²) in [7, 11) is -5.27. The fourth-order valence-corrected chi connectivity index (χ4v) is 2.06. The molecule has 0 saturated heterocycles. The first-order valence-electron chi connectivity index (χ1n) is 6.95. The monoisotopic (exact) mass is 401 g/mol. The van der Waals surface area contributed by atoms with Crippen molar-refractivity contribution >= 4 is 31.7 Å². The van der Waals surface area contributed by atoms with E-state index in [9.17, 15) is 28.8 Å². The molecular formula is C12H20NO12P. The van der Waals surface area contributed by atoms with Crippen molar-refractivity contribution in [3.63, 3.8) is 0 Å². The lowest BCUT2D eigenvalue weighted by Crippen LogP contribution is -2.56. The number of phosphoric acid groups is 1. The Morgan fingerprint density at radius 1 is 0.962 bits per heavy atom. The largest absolute Gasteiger partial charge is 0.527 e. The molecule has 5 N–H and O–H groups in total. The molecule has 0 radical (unpaired) electrons. The average Bonchev–Trinajstić information content (AvgIpc) is 2.45. The van der Waals surface area contributed by atoms with Crippen LogP contribution in [0.3, 0.4) is 0 Å². The first-order valence-corrected chi connectivity index (χ1v) is 8.48. The van der Waals surface area contributed by atoms with Crippen molar-refractivity contribution in [3.05, 3.63) is 0 Å². The quantitative estimate of drug-likeness (QED) is 0.183. The molecule has 0 aromatic heterocycles. The Bertz CT molecular complexity index is 587. The molecule has 14 heteroatoms. The van der Waals surface area contributed by atoms with Gasteiger partial charge in [-0.1, -0.05) is 0 Å². The number of rotatable bonds is 9. The van der Waals surface area contributed by atoms with Crippen molar-refractivity contribution in [3.8, 4) is 0 Å². The van der Waals surface area contributed by atoms with Crippen molar-refractivity contribution < 1.29 is 57.4 Å². The summed E-state index contributed by atoms with van der Waals surface area (Å²) in [5.41, 5.74) is 5.48. The van der Waals surface area contributed by atoms with Gasteiger partial charge in [0.25, 0.3) is 0 Å². The van der Waals surface area contributed by atoms with Gasteiger partial charge in [-0.3, -0.25) is 24.2 Å². The van der Waals surface area contributed by atoms with E-state index in [1.165, 1.54) is 0 Å². The van der Waals surface area contributed by atoms with Gasteiger partial charge in [0.1, 0.15) is 18.8 Å². The zero-order valence-corrected chi connectivity index (χ0v) is 15.0. The minimum atomic E-state index is -5.27. The topological polar surface area (TPSA) is 209 Å². The fraction of sp³-hybridized carbons (Fsp3) is 0.667. The van der Waals surface area contributed by atoms with Crippen LogP contribution in [0.1, 0.15) is 20.8 Å². The van der Waals surface area contributed by atoms with Crippen LogP contribution in [0.15, 0.2) is 0 Å². The van der Waals surface area contributed by atoms with Gasteiger partial charge in [-0.15, -0.1) is 0 Å². The Kier molecular flexibility index (Phi) is 9.38. The minimum absolute atomic E-state index is 0.717. The molecule has 0 saturated carbocycles. The smallest absolute Gasteiger partial charge is 0.463 e. The van der Waals surface area contributed by atoms with E-state index in [0.29, 0.717) is 0 Å². The second kappa shape index (κ2) is 10.2. The number of hydrogen-bond acceptors (Lipinski definition) is 11. The number of hydrogen-bond donors (Lipinski definition) is 4. The van der Waals surface area contributed by atoms with Crippen LogP contribution >= 0.6 is 7.82 Å². The summed E-state index contributed by atoms with van der Waals surface area (Å²) in [4.78, 5) is 62.4. The van der Waals surface area contributed by atoms with E-state index < -0.39 is 62.7 Å². The van der Waals surface area contributed by atoms with E-state index in [4.69, 9.17) is 25.0 Å². The lowest BCUT2D eigenvalue weighted by atomic mass is 10.0. The highest BCUT2D eigenvalue weighted by Crippen LogP contribution is 2.36. The first kappa shape index (κ1) is 23.9. The molecule has 0 heterocycles. The number of carbonyl (C=O) groups is 4. The van der Waals surface area contributed by atoms with E-state index >= 15 is 0 Å². The van der Waals surface area contributed by atoms with Crippen LogP contribution in [-0.2, 0) is 42.5 Å². The number of carbonyl (C=O) groups excluding carboxylic acids is 4. The number of esters is 3. The first-order chi connectivity index (χ1) is 11.7. The summed E-state index contributed by atoms with van der Waals surface area (Å²) in [5, 5.41) is 10.0.